The summed E-state index contributed by atoms with van der Waals surface area (Å²) >= 11 is 0. The lowest BCUT2D eigenvalue weighted by Crippen LogP contribution is -2.54. The first-order chi connectivity index (χ1) is 7.77. The third-order valence-corrected chi connectivity index (χ3v) is 2.62. The van der Waals surface area contributed by atoms with E-state index in [-0.39, 0.29) is 12.4 Å². The largest absolute Gasteiger partial charge is 0.480 e. The topological polar surface area (TPSA) is 78.4 Å². The Balaban J connectivity index is 0.00000144. The van der Waals surface area contributed by atoms with Gasteiger partial charge in [-0.3, -0.25) is 19.7 Å². The molecule has 0 aromatic carbocycles. The van der Waals surface area contributed by atoms with Crippen molar-refractivity contribution in [1.82, 2.24) is 20.2 Å². The Morgan fingerprint density at radius 3 is 3.06 bits per heavy atom. The summed E-state index contributed by atoms with van der Waals surface area (Å²) in [5, 5.41) is 12.1. The first-order valence-electron chi connectivity index (χ1n) is 5.20. The highest BCUT2D eigenvalue weighted by atomic mass is 35.5. The first-order valence-corrected chi connectivity index (χ1v) is 5.20. The van der Waals surface area contributed by atoms with Crippen molar-refractivity contribution in [2.45, 2.75) is 12.6 Å². The smallest absolute Gasteiger partial charge is 0.322 e. The Labute approximate surface area is 105 Å². The van der Waals surface area contributed by atoms with Crippen molar-refractivity contribution in [1.29, 1.82) is 0 Å². The molecule has 17 heavy (non-hydrogen) atoms. The third-order valence-electron chi connectivity index (χ3n) is 2.62. The van der Waals surface area contributed by atoms with E-state index in [0.29, 0.717) is 19.6 Å². The summed E-state index contributed by atoms with van der Waals surface area (Å²) in [6.45, 7) is 2.54. The van der Waals surface area contributed by atoms with Gasteiger partial charge in [0.2, 0.25) is 0 Å². The van der Waals surface area contributed by atoms with Crippen molar-refractivity contribution < 1.29 is 9.90 Å². The van der Waals surface area contributed by atoms with Crippen LogP contribution in [0.1, 0.15) is 5.69 Å². The normalized spacial score (nSPS) is 20.6. The van der Waals surface area contributed by atoms with Crippen molar-refractivity contribution in [3.05, 3.63) is 24.3 Å². The highest BCUT2D eigenvalue weighted by Gasteiger charge is 2.28. The van der Waals surface area contributed by atoms with E-state index in [2.05, 4.69) is 15.3 Å². The highest BCUT2D eigenvalue weighted by Crippen LogP contribution is 2.07. The molecule has 1 atom stereocenters. The number of hydrogen-bond donors (Lipinski definition) is 2. The molecule has 0 saturated carbocycles. The molecule has 1 aliphatic heterocycles. The second-order valence-corrected chi connectivity index (χ2v) is 3.73. The average Bonchev–Trinajstić information content (AvgIpc) is 2.31. The van der Waals surface area contributed by atoms with Gasteiger partial charge in [-0.15, -0.1) is 12.4 Å². The van der Waals surface area contributed by atoms with Crippen LogP contribution in [0.25, 0.3) is 0 Å². The molecule has 0 bridgehead atoms. The zero-order valence-corrected chi connectivity index (χ0v) is 10.1. The Morgan fingerprint density at radius 1 is 1.59 bits per heavy atom. The Bertz CT molecular complexity index is 363. The summed E-state index contributed by atoms with van der Waals surface area (Å²) < 4.78 is 0. The number of carboxylic acids is 1. The minimum absolute atomic E-state index is 0. The molecular weight excluding hydrogens is 244 g/mol. The van der Waals surface area contributed by atoms with Crippen LogP contribution in [0.5, 0.6) is 0 Å². The van der Waals surface area contributed by atoms with Crippen molar-refractivity contribution in [2.75, 3.05) is 19.6 Å². The van der Waals surface area contributed by atoms with Crippen LogP contribution in [-0.2, 0) is 11.3 Å². The number of carbonyl (C=O) groups is 1. The van der Waals surface area contributed by atoms with Crippen molar-refractivity contribution >= 4 is 18.4 Å². The molecule has 1 saturated heterocycles. The molecule has 2 heterocycles. The van der Waals surface area contributed by atoms with Gasteiger partial charge in [0.15, 0.2) is 0 Å². The van der Waals surface area contributed by atoms with Gasteiger partial charge in [-0.1, -0.05) is 0 Å². The number of piperazine rings is 1. The summed E-state index contributed by atoms with van der Waals surface area (Å²) in [6.07, 6.45) is 4.89. The third kappa shape index (κ3) is 3.62. The molecule has 2 N–H and O–H groups in total. The van der Waals surface area contributed by atoms with Gasteiger partial charge in [-0.25, -0.2) is 0 Å². The molecule has 0 spiro atoms. The molecule has 1 aromatic heterocycles. The van der Waals surface area contributed by atoms with Crippen LogP contribution in [0.15, 0.2) is 18.6 Å². The predicted molar refractivity (Wildman–Crippen MR) is 64.0 cm³/mol. The second-order valence-electron chi connectivity index (χ2n) is 3.73. The van der Waals surface area contributed by atoms with E-state index >= 15 is 0 Å². The number of carboxylic acid groups (broad SMARTS) is 1. The average molecular weight is 259 g/mol. The van der Waals surface area contributed by atoms with Crippen LogP contribution < -0.4 is 5.32 Å². The van der Waals surface area contributed by atoms with Crippen LogP contribution >= 0.6 is 12.4 Å². The lowest BCUT2D eigenvalue weighted by atomic mass is 10.2. The maximum atomic E-state index is 11.0. The molecule has 1 aliphatic rings. The van der Waals surface area contributed by atoms with Gasteiger partial charge in [-0.2, -0.15) is 0 Å². The monoisotopic (exact) mass is 258 g/mol. The van der Waals surface area contributed by atoms with Crippen LogP contribution in [0.3, 0.4) is 0 Å². The Hall–Kier alpha value is -1.24. The molecule has 1 unspecified atom stereocenters. The maximum Gasteiger partial charge on any atom is 0.322 e. The standard InChI is InChI=1S/C10H14N4O2.ClH/c15-10(16)9-6-12-3-4-14(9)7-8-5-11-1-2-13-8;/h1-2,5,9,12H,3-4,6-7H2,(H,15,16);1H. The molecule has 1 fully saturated rings. The zero-order valence-electron chi connectivity index (χ0n) is 9.24. The lowest BCUT2D eigenvalue weighted by Gasteiger charge is -2.32. The zero-order chi connectivity index (χ0) is 11.4. The number of rotatable bonds is 3. The Morgan fingerprint density at radius 2 is 2.41 bits per heavy atom. The van der Waals surface area contributed by atoms with Crippen LogP contribution in [-0.4, -0.2) is 51.6 Å². The van der Waals surface area contributed by atoms with E-state index < -0.39 is 12.0 Å². The first kappa shape index (κ1) is 13.8. The maximum absolute atomic E-state index is 11.0. The molecule has 7 heteroatoms. The summed E-state index contributed by atoms with van der Waals surface area (Å²) in [4.78, 5) is 21.1. The minimum Gasteiger partial charge on any atom is -0.480 e. The molecule has 2 rings (SSSR count). The van der Waals surface area contributed by atoms with Crippen molar-refractivity contribution in [3.8, 4) is 0 Å². The van der Waals surface area contributed by atoms with E-state index in [4.69, 9.17) is 5.11 Å². The van der Waals surface area contributed by atoms with Gasteiger partial charge in [-0.05, 0) is 0 Å². The Kier molecular flexibility index (Phi) is 5.27. The van der Waals surface area contributed by atoms with E-state index in [1.54, 1.807) is 18.6 Å². The fourth-order valence-corrected chi connectivity index (χ4v) is 1.80. The molecule has 0 radical (unpaired) electrons. The van der Waals surface area contributed by atoms with E-state index in [1.165, 1.54) is 0 Å². The minimum atomic E-state index is -0.795. The predicted octanol–water partition coefficient (Wildman–Crippen LogP) is -0.243. The van der Waals surface area contributed by atoms with Crippen molar-refractivity contribution in [2.24, 2.45) is 0 Å². The second kappa shape index (κ2) is 6.48. The van der Waals surface area contributed by atoms with E-state index in [0.717, 1.165) is 12.2 Å². The summed E-state index contributed by atoms with van der Waals surface area (Å²) in [6, 6.07) is -0.476. The number of nitrogens with one attached hydrogen (secondary N) is 1. The van der Waals surface area contributed by atoms with Gasteiger partial charge in [0.1, 0.15) is 6.04 Å². The molecule has 0 aliphatic carbocycles. The van der Waals surface area contributed by atoms with Crippen LogP contribution in [0, 0.1) is 0 Å². The summed E-state index contributed by atoms with van der Waals surface area (Å²) in [7, 11) is 0. The lowest BCUT2D eigenvalue weighted by molar-refractivity contribution is -0.144. The van der Waals surface area contributed by atoms with Crippen LogP contribution in [0.4, 0.5) is 0 Å². The number of hydrogen-bond acceptors (Lipinski definition) is 5. The fraction of sp³-hybridized carbons (Fsp3) is 0.500. The number of aromatic nitrogens is 2. The summed E-state index contributed by atoms with van der Waals surface area (Å²) in [5.41, 5.74) is 0.802. The van der Waals surface area contributed by atoms with E-state index in [1.807, 2.05) is 4.90 Å². The molecular formula is C10H15ClN4O2. The SMILES string of the molecule is Cl.O=C(O)C1CNCCN1Cc1cnccn1. The van der Waals surface area contributed by atoms with Gasteiger partial charge in [0.25, 0.3) is 0 Å². The molecule has 1 aromatic rings. The number of halogens is 1. The molecule has 6 nitrogen and oxygen atoms in total. The number of nitrogens with zero attached hydrogens (tertiary/aromatic N) is 3. The highest BCUT2D eigenvalue weighted by molar-refractivity contribution is 5.85. The van der Waals surface area contributed by atoms with Gasteiger partial charge < -0.3 is 10.4 Å². The fourth-order valence-electron chi connectivity index (χ4n) is 1.80. The van der Waals surface area contributed by atoms with Crippen LogP contribution in [0.2, 0.25) is 0 Å². The summed E-state index contributed by atoms with van der Waals surface area (Å²) in [5.74, 6) is -0.795. The van der Waals surface area contributed by atoms with Gasteiger partial charge in [0.05, 0.1) is 5.69 Å². The van der Waals surface area contributed by atoms with Gasteiger partial charge >= 0.3 is 5.97 Å². The number of aliphatic carboxylic acids is 1. The van der Waals surface area contributed by atoms with Crippen molar-refractivity contribution in [3.63, 3.8) is 0 Å². The van der Waals surface area contributed by atoms with E-state index in [9.17, 15) is 4.79 Å². The quantitative estimate of drug-likeness (QED) is 0.779. The molecule has 0 amide bonds. The molecule has 94 valence electrons. The van der Waals surface area contributed by atoms with Gasteiger partial charge in [0, 0.05) is 44.8 Å².